The van der Waals surface area contributed by atoms with Gasteiger partial charge in [0.1, 0.15) is 6.04 Å². The number of ether oxygens (including phenoxy) is 1. The van der Waals surface area contributed by atoms with Gasteiger partial charge in [-0.1, -0.05) is 39.0 Å². The third kappa shape index (κ3) is 3.64. The lowest BCUT2D eigenvalue weighted by molar-refractivity contribution is -0.146. The molecule has 2 atom stereocenters. The molecule has 4 heteroatoms. The fraction of sp³-hybridized carbons (Fsp3) is 0.471. The van der Waals surface area contributed by atoms with Crippen molar-refractivity contribution in [2.24, 2.45) is 11.7 Å². The first-order valence-corrected chi connectivity index (χ1v) is 7.49. The van der Waals surface area contributed by atoms with Gasteiger partial charge in [0.2, 0.25) is 0 Å². The van der Waals surface area contributed by atoms with Gasteiger partial charge in [0.05, 0.1) is 6.61 Å². The number of rotatable bonds is 6. The predicted molar refractivity (Wildman–Crippen MR) is 85.1 cm³/mol. The molecule has 2 aromatic rings. The van der Waals surface area contributed by atoms with E-state index in [2.05, 4.69) is 18.8 Å². The Morgan fingerprint density at radius 3 is 2.71 bits per heavy atom. The van der Waals surface area contributed by atoms with Gasteiger partial charge in [-0.25, -0.2) is 0 Å². The molecule has 4 nitrogen and oxygen atoms in total. The molecular formula is C17H24N2O2. The van der Waals surface area contributed by atoms with Crippen LogP contribution in [0.2, 0.25) is 0 Å². The number of hydrogen-bond donors (Lipinski definition) is 2. The number of nitrogens with one attached hydrogen (secondary N) is 1. The minimum atomic E-state index is -0.642. The molecule has 0 radical (unpaired) electrons. The molecule has 0 bridgehead atoms. The molecular weight excluding hydrogens is 264 g/mol. The van der Waals surface area contributed by atoms with Gasteiger partial charge < -0.3 is 15.5 Å². The molecule has 0 spiro atoms. The Hall–Kier alpha value is -1.81. The molecule has 0 saturated heterocycles. The zero-order valence-electron chi connectivity index (χ0n) is 12.9. The summed E-state index contributed by atoms with van der Waals surface area (Å²) in [5.41, 5.74) is 8.18. The van der Waals surface area contributed by atoms with E-state index < -0.39 is 6.04 Å². The van der Waals surface area contributed by atoms with E-state index >= 15 is 0 Å². The highest BCUT2D eigenvalue weighted by Gasteiger charge is 2.25. The standard InChI is InChI=1S/C17H24N2O2/c1-11(2)8-9-21-17(20)16(18)12(3)14-10-19-15-7-5-4-6-13(14)15/h4-7,10-12,16,19H,8-9,18H2,1-3H3. The van der Waals surface area contributed by atoms with Crippen LogP contribution in [0.3, 0.4) is 0 Å². The van der Waals surface area contributed by atoms with Crippen LogP contribution in [-0.4, -0.2) is 23.6 Å². The van der Waals surface area contributed by atoms with Crippen LogP contribution in [-0.2, 0) is 9.53 Å². The normalized spacial score (nSPS) is 14.3. The number of fused-ring (bicyclic) bond motifs is 1. The number of esters is 1. The van der Waals surface area contributed by atoms with E-state index in [0.29, 0.717) is 12.5 Å². The average molecular weight is 288 g/mol. The lowest BCUT2D eigenvalue weighted by Crippen LogP contribution is -2.37. The maximum absolute atomic E-state index is 12.0. The maximum Gasteiger partial charge on any atom is 0.323 e. The Bertz CT molecular complexity index is 604. The number of nitrogens with two attached hydrogens (primary N) is 1. The summed E-state index contributed by atoms with van der Waals surface area (Å²) in [6.07, 6.45) is 2.79. The number of benzene rings is 1. The van der Waals surface area contributed by atoms with Crippen molar-refractivity contribution in [1.29, 1.82) is 0 Å². The number of carbonyl (C=O) groups excluding carboxylic acids is 1. The van der Waals surface area contributed by atoms with Gasteiger partial charge in [-0.2, -0.15) is 0 Å². The Morgan fingerprint density at radius 1 is 1.29 bits per heavy atom. The molecule has 0 aliphatic carbocycles. The maximum atomic E-state index is 12.0. The topological polar surface area (TPSA) is 68.1 Å². The highest BCUT2D eigenvalue weighted by Crippen LogP contribution is 2.27. The van der Waals surface area contributed by atoms with E-state index in [0.717, 1.165) is 22.9 Å². The molecule has 0 aliphatic rings. The van der Waals surface area contributed by atoms with Gasteiger partial charge >= 0.3 is 5.97 Å². The van der Waals surface area contributed by atoms with E-state index in [4.69, 9.17) is 10.5 Å². The lowest BCUT2D eigenvalue weighted by Gasteiger charge is -2.18. The summed E-state index contributed by atoms with van der Waals surface area (Å²) in [6, 6.07) is 7.37. The van der Waals surface area contributed by atoms with E-state index in [1.54, 1.807) is 0 Å². The fourth-order valence-corrected chi connectivity index (χ4v) is 2.36. The van der Waals surface area contributed by atoms with E-state index in [1.165, 1.54) is 0 Å². The predicted octanol–water partition coefficient (Wildman–Crippen LogP) is 3.19. The molecule has 2 rings (SSSR count). The third-order valence-electron chi connectivity index (χ3n) is 3.86. The quantitative estimate of drug-likeness (QED) is 0.802. The number of hydrogen-bond acceptors (Lipinski definition) is 3. The van der Waals surface area contributed by atoms with Crippen LogP contribution >= 0.6 is 0 Å². The summed E-state index contributed by atoms with van der Waals surface area (Å²) in [4.78, 5) is 15.3. The van der Waals surface area contributed by atoms with Crippen molar-refractivity contribution in [2.45, 2.75) is 39.2 Å². The van der Waals surface area contributed by atoms with E-state index in [-0.39, 0.29) is 11.9 Å². The molecule has 0 fully saturated rings. The Labute approximate surface area is 125 Å². The second kappa shape index (κ2) is 6.76. The number of carbonyl (C=O) groups is 1. The Morgan fingerprint density at radius 2 is 2.00 bits per heavy atom. The molecule has 3 N–H and O–H groups in total. The van der Waals surface area contributed by atoms with Crippen molar-refractivity contribution in [3.05, 3.63) is 36.0 Å². The van der Waals surface area contributed by atoms with Crippen molar-refractivity contribution in [2.75, 3.05) is 6.61 Å². The fourth-order valence-electron chi connectivity index (χ4n) is 2.36. The van der Waals surface area contributed by atoms with Crippen molar-refractivity contribution in [3.63, 3.8) is 0 Å². The zero-order valence-corrected chi connectivity index (χ0v) is 12.9. The van der Waals surface area contributed by atoms with Crippen LogP contribution in [0.4, 0.5) is 0 Å². The van der Waals surface area contributed by atoms with Crippen molar-refractivity contribution < 1.29 is 9.53 Å². The van der Waals surface area contributed by atoms with Gasteiger partial charge in [-0.05, 0) is 24.0 Å². The first-order chi connectivity index (χ1) is 10.0. The summed E-state index contributed by atoms with van der Waals surface area (Å²) in [5.74, 6) is 0.0983. The minimum absolute atomic E-state index is 0.0901. The largest absolute Gasteiger partial charge is 0.465 e. The van der Waals surface area contributed by atoms with Crippen LogP contribution in [0.1, 0.15) is 38.7 Å². The summed E-state index contributed by atoms with van der Waals surface area (Å²) >= 11 is 0. The van der Waals surface area contributed by atoms with Crippen LogP contribution in [0, 0.1) is 5.92 Å². The number of aromatic nitrogens is 1. The molecule has 1 aromatic carbocycles. The SMILES string of the molecule is CC(C)CCOC(=O)C(N)C(C)c1c[nH]c2ccccc12. The van der Waals surface area contributed by atoms with Crippen molar-refractivity contribution in [3.8, 4) is 0 Å². The molecule has 0 aliphatic heterocycles. The van der Waals surface area contributed by atoms with Gasteiger partial charge in [-0.3, -0.25) is 4.79 Å². The monoisotopic (exact) mass is 288 g/mol. The van der Waals surface area contributed by atoms with Crippen LogP contribution < -0.4 is 5.73 Å². The number of H-pyrrole nitrogens is 1. The van der Waals surface area contributed by atoms with Crippen LogP contribution in [0.25, 0.3) is 10.9 Å². The molecule has 0 amide bonds. The summed E-state index contributed by atoms with van der Waals surface area (Å²) in [6.45, 7) is 6.60. The van der Waals surface area contributed by atoms with Gasteiger partial charge in [0, 0.05) is 23.0 Å². The average Bonchev–Trinajstić information content (AvgIpc) is 2.89. The third-order valence-corrected chi connectivity index (χ3v) is 3.86. The zero-order chi connectivity index (χ0) is 15.4. The lowest BCUT2D eigenvalue weighted by atomic mass is 9.93. The van der Waals surface area contributed by atoms with Crippen molar-refractivity contribution >= 4 is 16.9 Å². The van der Waals surface area contributed by atoms with Crippen molar-refractivity contribution in [1.82, 2.24) is 4.98 Å². The molecule has 2 unspecified atom stereocenters. The second-order valence-electron chi connectivity index (χ2n) is 5.95. The first-order valence-electron chi connectivity index (χ1n) is 7.49. The molecule has 1 aromatic heterocycles. The molecule has 1 heterocycles. The molecule has 21 heavy (non-hydrogen) atoms. The Balaban J connectivity index is 2.05. The van der Waals surface area contributed by atoms with Gasteiger partial charge in [0.25, 0.3) is 0 Å². The number of para-hydroxylation sites is 1. The summed E-state index contributed by atoms with van der Waals surface area (Å²) < 4.78 is 5.27. The van der Waals surface area contributed by atoms with Gasteiger partial charge in [-0.15, -0.1) is 0 Å². The van der Waals surface area contributed by atoms with E-state index in [9.17, 15) is 4.79 Å². The minimum Gasteiger partial charge on any atom is -0.465 e. The smallest absolute Gasteiger partial charge is 0.323 e. The highest BCUT2D eigenvalue weighted by molar-refractivity contribution is 5.85. The van der Waals surface area contributed by atoms with Gasteiger partial charge in [0.15, 0.2) is 0 Å². The molecule has 0 saturated carbocycles. The highest BCUT2D eigenvalue weighted by atomic mass is 16.5. The van der Waals surface area contributed by atoms with Crippen LogP contribution in [0.15, 0.2) is 30.5 Å². The van der Waals surface area contributed by atoms with E-state index in [1.807, 2.05) is 37.4 Å². The Kier molecular flexibility index (Phi) is 5.02. The second-order valence-corrected chi connectivity index (χ2v) is 5.95. The summed E-state index contributed by atoms with van der Waals surface area (Å²) in [7, 11) is 0. The number of aromatic amines is 1. The summed E-state index contributed by atoms with van der Waals surface area (Å²) in [5, 5.41) is 1.11. The molecule has 114 valence electrons. The van der Waals surface area contributed by atoms with Crippen LogP contribution in [0.5, 0.6) is 0 Å². The first kappa shape index (κ1) is 15.6.